The number of ether oxygens (including phenoxy) is 2. The molecule has 8 heteroatoms. The quantitative estimate of drug-likeness (QED) is 0.762. The first-order chi connectivity index (χ1) is 12.5. The van der Waals surface area contributed by atoms with Gasteiger partial charge in [-0.15, -0.1) is 0 Å². The van der Waals surface area contributed by atoms with Crippen molar-refractivity contribution in [2.45, 2.75) is 24.7 Å². The number of benzene rings is 1. The summed E-state index contributed by atoms with van der Waals surface area (Å²) >= 11 is 0. The van der Waals surface area contributed by atoms with Gasteiger partial charge in [-0.25, -0.2) is 8.42 Å². The minimum Gasteiger partial charge on any atom is -0.380 e. The Morgan fingerprint density at radius 3 is 2.69 bits per heavy atom. The third kappa shape index (κ3) is 4.09. The van der Waals surface area contributed by atoms with Crippen molar-refractivity contribution >= 4 is 15.9 Å². The van der Waals surface area contributed by atoms with Crippen LogP contribution in [-0.4, -0.2) is 75.3 Å². The highest BCUT2D eigenvalue weighted by atomic mass is 32.2. The van der Waals surface area contributed by atoms with E-state index in [1.165, 1.54) is 4.31 Å². The summed E-state index contributed by atoms with van der Waals surface area (Å²) in [7, 11) is -1.83. The maximum Gasteiger partial charge on any atom is 0.254 e. The van der Waals surface area contributed by atoms with E-state index in [9.17, 15) is 13.2 Å². The highest BCUT2D eigenvalue weighted by molar-refractivity contribution is 7.89. The topological polar surface area (TPSA) is 76.2 Å². The number of carbonyl (C=O) groups excluding carboxylic acids is 1. The van der Waals surface area contributed by atoms with E-state index in [1.807, 2.05) is 18.2 Å². The number of piperidine rings is 1. The van der Waals surface area contributed by atoms with E-state index in [4.69, 9.17) is 9.47 Å². The van der Waals surface area contributed by atoms with E-state index >= 15 is 0 Å². The first-order valence-corrected chi connectivity index (χ1v) is 10.5. The van der Waals surface area contributed by atoms with Gasteiger partial charge in [0.15, 0.2) is 0 Å². The summed E-state index contributed by atoms with van der Waals surface area (Å²) in [5.41, 5.74) is 1.40. The SMILES string of the molecule is COCc1ccccc1C(=O)N1CCC[C@@H](S(=O)(=O)N2CCOCC2)C1. The Morgan fingerprint density at radius 2 is 1.96 bits per heavy atom. The molecule has 2 fully saturated rings. The van der Waals surface area contributed by atoms with E-state index in [1.54, 1.807) is 18.1 Å². The largest absolute Gasteiger partial charge is 0.380 e. The molecule has 0 aliphatic carbocycles. The van der Waals surface area contributed by atoms with Gasteiger partial charge in [0.1, 0.15) is 0 Å². The first-order valence-electron chi connectivity index (χ1n) is 8.97. The maximum absolute atomic E-state index is 13.0. The van der Waals surface area contributed by atoms with Crippen LogP contribution in [0.5, 0.6) is 0 Å². The van der Waals surface area contributed by atoms with Crippen LogP contribution in [0.1, 0.15) is 28.8 Å². The van der Waals surface area contributed by atoms with Crippen LogP contribution in [0.2, 0.25) is 0 Å². The molecule has 144 valence electrons. The molecule has 3 rings (SSSR count). The number of nitrogens with zero attached hydrogens (tertiary/aromatic N) is 2. The molecule has 2 aliphatic heterocycles. The summed E-state index contributed by atoms with van der Waals surface area (Å²) < 4.78 is 37.8. The molecule has 0 spiro atoms. The Morgan fingerprint density at radius 1 is 1.23 bits per heavy atom. The van der Waals surface area contributed by atoms with Crippen molar-refractivity contribution in [2.24, 2.45) is 0 Å². The van der Waals surface area contributed by atoms with Gasteiger partial charge in [0.25, 0.3) is 5.91 Å². The Kier molecular flexibility index (Phi) is 6.29. The third-order valence-electron chi connectivity index (χ3n) is 4.96. The van der Waals surface area contributed by atoms with Crippen LogP contribution in [-0.2, 0) is 26.1 Å². The number of morpholine rings is 1. The van der Waals surface area contributed by atoms with Crippen molar-refractivity contribution in [3.8, 4) is 0 Å². The van der Waals surface area contributed by atoms with Crippen molar-refractivity contribution in [2.75, 3.05) is 46.5 Å². The molecule has 1 aromatic rings. The summed E-state index contributed by atoms with van der Waals surface area (Å²) in [4.78, 5) is 14.7. The first kappa shape index (κ1) is 19.3. The molecule has 7 nitrogen and oxygen atoms in total. The van der Waals surface area contributed by atoms with Crippen molar-refractivity contribution in [1.29, 1.82) is 0 Å². The lowest BCUT2D eigenvalue weighted by molar-refractivity contribution is 0.0683. The molecule has 0 bridgehead atoms. The molecule has 0 N–H and O–H groups in total. The second-order valence-electron chi connectivity index (χ2n) is 6.66. The molecule has 0 aromatic heterocycles. The fourth-order valence-electron chi connectivity index (χ4n) is 3.56. The Bertz CT molecular complexity index is 731. The van der Waals surface area contributed by atoms with Gasteiger partial charge in [-0.1, -0.05) is 18.2 Å². The van der Waals surface area contributed by atoms with Gasteiger partial charge in [0, 0.05) is 38.9 Å². The molecule has 1 aromatic carbocycles. The predicted molar refractivity (Wildman–Crippen MR) is 97.4 cm³/mol. The molecular weight excluding hydrogens is 356 g/mol. The Labute approximate surface area is 154 Å². The molecule has 0 unspecified atom stereocenters. The summed E-state index contributed by atoms with van der Waals surface area (Å²) in [6, 6.07) is 7.32. The average Bonchev–Trinajstić information content (AvgIpc) is 2.69. The zero-order valence-corrected chi connectivity index (χ0v) is 15.9. The van der Waals surface area contributed by atoms with Crippen LogP contribution in [0.3, 0.4) is 0 Å². The standard InChI is InChI=1S/C18H26N2O5S/c1-24-14-15-5-2-3-7-17(15)18(21)19-8-4-6-16(13-19)26(22,23)20-9-11-25-12-10-20/h2-3,5,7,16H,4,6,8-14H2,1H3/t16-/m1/s1. The molecule has 2 saturated heterocycles. The molecule has 1 atom stereocenters. The third-order valence-corrected chi connectivity index (χ3v) is 7.28. The highest BCUT2D eigenvalue weighted by Gasteiger charge is 2.37. The Hall–Kier alpha value is -1.48. The maximum atomic E-state index is 13.0. The average molecular weight is 382 g/mol. The minimum absolute atomic E-state index is 0.125. The van der Waals surface area contributed by atoms with Crippen LogP contribution < -0.4 is 0 Å². The predicted octanol–water partition coefficient (Wildman–Crippen LogP) is 1.10. The molecular formula is C18H26N2O5S. The second-order valence-corrected chi connectivity index (χ2v) is 8.87. The fraction of sp³-hybridized carbons (Fsp3) is 0.611. The highest BCUT2D eigenvalue weighted by Crippen LogP contribution is 2.23. The van der Waals surface area contributed by atoms with Crippen molar-refractivity contribution in [1.82, 2.24) is 9.21 Å². The fourth-order valence-corrected chi connectivity index (χ4v) is 5.47. The van der Waals surface area contributed by atoms with Gasteiger partial charge in [0.05, 0.1) is 25.1 Å². The van der Waals surface area contributed by atoms with E-state index < -0.39 is 15.3 Å². The summed E-state index contributed by atoms with van der Waals surface area (Å²) in [6.45, 7) is 2.81. The summed E-state index contributed by atoms with van der Waals surface area (Å²) in [5, 5.41) is -0.548. The molecule has 2 heterocycles. The lowest BCUT2D eigenvalue weighted by atomic mass is 10.0. The molecule has 1 amide bonds. The van der Waals surface area contributed by atoms with Crippen LogP contribution in [0, 0.1) is 0 Å². The summed E-state index contributed by atoms with van der Waals surface area (Å²) in [6.07, 6.45) is 1.27. The van der Waals surface area contributed by atoms with Crippen molar-refractivity contribution in [3.63, 3.8) is 0 Å². The number of carbonyl (C=O) groups is 1. The molecule has 0 saturated carbocycles. The van der Waals surface area contributed by atoms with Crippen LogP contribution in [0.25, 0.3) is 0 Å². The van der Waals surface area contributed by atoms with Gasteiger partial charge in [-0.3, -0.25) is 4.79 Å². The van der Waals surface area contributed by atoms with E-state index in [0.29, 0.717) is 57.9 Å². The normalized spacial score (nSPS) is 22.3. The van der Waals surface area contributed by atoms with Crippen LogP contribution in [0.4, 0.5) is 0 Å². The van der Waals surface area contributed by atoms with Gasteiger partial charge in [-0.2, -0.15) is 4.31 Å². The van der Waals surface area contributed by atoms with Crippen LogP contribution in [0.15, 0.2) is 24.3 Å². The number of rotatable bonds is 5. The number of amides is 1. The van der Waals surface area contributed by atoms with Crippen LogP contribution >= 0.6 is 0 Å². The molecule has 2 aliphatic rings. The number of methoxy groups -OCH3 is 1. The Balaban J connectivity index is 1.75. The van der Waals surface area contributed by atoms with E-state index in [-0.39, 0.29) is 12.5 Å². The monoisotopic (exact) mass is 382 g/mol. The molecule has 26 heavy (non-hydrogen) atoms. The van der Waals surface area contributed by atoms with Gasteiger partial charge in [-0.05, 0) is 24.5 Å². The zero-order chi connectivity index (χ0) is 18.6. The zero-order valence-electron chi connectivity index (χ0n) is 15.1. The number of hydrogen-bond acceptors (Lipinski definition) is 5. The summed E-state index contributed by atoms with van der Waals surface area (Å²) in [5.74, 6) is -0.125. The smallest absolute Gasteiger partial charge is 0.254 e. The van der Waals surface area contributed by atoms with Gasteiger partial charge < -0.3 is 14.4 Å². The molecule has 0 radical (unpaired) electrons. The lowest BCUT2D eigenvalue weighted by Gasteiger charge is -2.36. The second kappa shape index (κ2) is 8.47. The van der Waals surface area contributed by atoms with Gasteiger partial charge >= 0.3 is 0 Å². The van der Waals surface area contributed by atoms with Crippen molar-refractivity contribution in [3.05, 3.63) is 35.4 Å². The number of hydrogen-bond donors (Lipinski definition) is 0. The van der Waals surface area contributed by atoms with E-state index in [0.717, 1.165) is 5.56 Å². The number of sulfonamides is 1. The minimum atomic E-state index is -3.42. The van der Waals surface area contributed by atoms with E-state index in [2.05, 4.69) is 0 Å². The lowest BCUT2D eigenvalue weighted by Crippen LogP contribution is -2.51. The van der Waals surface area contributed by atoms with Gasteiger partial charge in [0.2, 0.25) is 10.0 Å². The number of likely N-dealkylation sites (tertiary alicyclic amines) is 1. The van der Waals surface area contributed by atoms with Crippen molar-refractivity contribution < 1.29 is 22.7 Å².